The first-order valence-electron chi connectivity index (χ1n) is 5.77. The maximum Gasteiger partial charge on any atom is 0.327 e. The van der Waals surface area contributed by atoms with Crippen LogP contribution in [-0.4, -0.2) is 57.7 Å². The van der Waals surface area contributed by atoms with Crippen molar-refractivity contribution < 1.29 is 14.7 Å². The van der Waals surface area contributed by atoms with E-state index in [2.05, 4.69) is 13.8 Å². The van der Waals surface area contributed by atoms with Gasteiger partial charge in [0.15, 0.2) is 0 Å². The Bertz CT molecular complexity index is 346. The fourth-order valence-electron chi connectivity index (χ4n) is 2.29. The predicted octanol–water partition coefficient (Wildman–Crippen LogP) is 1.30. The zero-order valence-electron chi connectivity index (χ0n) is 10.2. The molecular formula is C11H18N2O3S. The lowest BCUT2D eigenvalue weighted by Crippen LogP contribution is -2.48. The molecule has 5 nitrogen and oxygen atoms in total. The lowest BCUT2D eigenvalue weighted by Gasteiger charge is -2.27. The molecule has 2 rings (SSSR count). The van der Waals surface area contributed by atoms with Crippen LogP contribution in [0.5, 0.6) is 0 Å². The number of thioether (sulfide) groups is 1. The van der Waals surface area contributed by atoms with E-state index in [1.54, 1.807) is 4.90 Å². The van der Waals surface area contributed by atoms with E-state index in [1.807, 2.05) is 0 Å². The average Bonchev–Trinajstić information content (AvgIpc) is 2.82. The number of carbonyl (C=O) groups is 2. The van der Waals surface area contributed by atoms with Crippen molar-refractivity contribution in [3.05, 3.63) is 0 Å². The molecule has 0 aromatic carbocycles. The summed E-state index contributed by atoms with van der Waals surface area (Å²) in [5, 5.41) is 9.05. The molecule has 0 radical (unpaired) electrons. The Kier molecular flexibility index (Phi) is 3.25. The molecule has 17 heavy (non-hydrogen) atoms. The van der Waals surface area contributed by atoms with E-state index in [0.29, 0.717) is 11.6 Å². The summed E-state index contributed by atoms with van der Waals surface area (Å²) < 4.78 is 0. The molecule has 2 amide bonds. The third kappa shape index (κ3) is 2.51. The van der Waals surface area contributed by atoms with Crippen molar-refractivity contribution in [3.63, 3.8) is 0 Å². The van der Waals surface area contributed by atoms with Crippen LogP contribution in [0.25, 0.3) is 0 Å². The Balaban J connectivity index is 2.03. The van der Waals surface area contributed by atoms with Crippen LogP contribution in [0.1, 0.15) is 20.3 Å². The van der Waals surface area contributed by atoms with E-state index in [4.69, 9.17) is 5.11 Å². The molecule has 1 unspecified atom stereocenters. The molecule has 6 heteroatoms. The SMILES string of the molecule is CC1(C)CCN(C(=O)N2CSCC2C(=O)O)C1. The number of amides is 2. The van der Waals surface area contributed by atoms with Gasteiger partial charge < -0.3 is 14.9 Å². The van der Waals surface area contributed by atoms with Crippen molar-refractivity contribution >= 4 is 23.8 Å². The highest BCUT2D eigenvalue weighted by Gasteiger charge is 2.40. The highest BCUT2D eigenvalue weighted by Crippen LogP contribution is 2.31. The van der Waals surface area contributed by atoms with Gasteiger partial charge in [-0.2, -0.15) is 0 Å². The molecular weight excluding hydrogens is 240 g/mol. The number of hydrogen-bond donors (Lipinski definition) is 1. The molecule has 0 spiro atoms. The number of carboxylic acids is 1. The predicted molar refractivity (Wildman–Crippen MR) is 66.0 cm³/mol. The van der Waals surface area contributed by atoms with Gasteiger partial charge in [0, 0.05) is 18.8 Å². The summed E-state index contributed by atoms with van der Waals surface area (Å²) in [6.45, 7) is 5.72. The molecule has 2 heterocycles. The molecule has 1 N–H and O–H groups in total. The van der Waals surface area contributed by atoms with Gasteiger partial charge in [0.2, 0.25) is 0 Å². The second-order valence-corrected chi connectivity index (χ2v) is 6.44. The normalized spacial score (nSPS) is 27.5. The second-order valence-electron chi connectivity index (χ2n) is 5.44. The summed E-state index contributed by atoms with van der Waals surface area (Å²) in [5.41, 5.74) is 0.154. The fourth-order valence-corrected chi connectivity index (χ4v) is 3.43. The van der Waals surface area contributed by atoms with Crippen LogP contribution >= 0.6 is 11.8 Å². The summed E-state index contributed by atoms with van der Waals surface area (Å²) in [4.78, 5) is 26.5. The highest BCUT2D eigenvalue weighted by molar-refractivity contribution is 7.99. The maximum atomic E-state index is 12.2. The molecule has 96 valence electrons. The second kappa shape index (κ2) is 4.40. The van der Waals surface area contributed by atoms with Crippen LogP contribution in [-0.2, 0) is 4.79 Å². The topological polar surface area (TPSA) is 60.9 Å². The molecule has 0 aromatic heterocycles. The van der Waals surface area contributed by atoms with Crippen LogP contribution in [0.3, 0.4) is 0 Å². The third-order valence-corrected chi connectivity index (χ3v) is 4.37. The van der Waals surface area contributed by atoms with E-state index in [1.165, 1.54) is 16.7 Å². The van der Waals surface area contributed by atoms with Crippen molar-refractivity contribution in [2.75, 3.05) is 24.7 Å². The number of likely N-dealkylation sites (tertiary alicyclic amines) is 1. The number of carboxylic acid groups (broad SMARTS) is 1. The number of urea groups is 1. The molecule has 1 atom stereocenters. The molecule has 2 aliphatic heterocycles. The van der Waals surface area contributed by atoms with Gasteiger partial charge in [0.05, 0.1) is 5.88 Å². The molecule has 2 fully saturated rings. The van der Waals surface area contributed by atoms with Gasteiger partial charge in [-0.05, 0) is 11.8 Å². The number of aliphatic carboxylic acids is 1. The van der Waals surface area contributed by atoms with Crippen LogP contribution in [0.15, 0.2) is 0 Å². The van der Waals surface area contributed by atoms with E-state index in [9.17, 15) is 9.59 Å². The minimum atomic E-state index is -0.901. The Morgan fingerprint density at radius 3 is 2.65 bits per heavy atom. The summed E-state index contributed by atoms with van der Waals surface area (Å²) in [5.74, 6) is 0.0900. The van der Waals surface area contributed by atoms with Gasteiger partial charge in [-0.25, -0.2) is 9.59 Å². The van der Waals surface area contributed by atoms with E-state index in [0.717, 1.165) is 19.5 Å². The lowest BCUT2D eigenvalue weighted by molar-refractivity contribution is -0.140. The number of rotatable bonds is 1. The number of nitrogens with zero attached hydrogens (tertiary/aromatic N) is 2. The molecule has 0 aliphatic carbocycles. The lowest BCUT2D eigenvalue weighted by atomic mass is 9.93. The fraction of sp³-hybridized carbons (Fsp3) is 0.818. The highest BCUT2D eigenvalue weighted by atomic mass is 32.2. The van der Waals surface area contributed by atoms with Gasteiger partial charge in [-0.3, -0.25) is 0 Å². The number of carbonyl (C=O) groups excluding carboxylic acids is 1. The Morgan fingerprint density at radius 2 is 2.12 bits per heavy atom. The quantitative estimate of drug-likeness (QED) is 0.770. The Labute approximate surface area is 105 Å². The molecule has 0 saturated carbocycles. The summed E-state index contributed by atoms with van der Waals surface area (Å²) >= 11 is 1.50. The molecule has 0 bridgehead atoms. The minimum absolute atomic E-state index is 0.118. The number of hydrogen-bond acceptors (Lipinski definition) is 3. The van der Waals surface area contributed by atoms with Crippen molar-refractivity contribution in [2.45, 2.75) is 26.3 Å². The van der Waals surface area contributed by atoms with E-state index >= 15 is 0 Å². The van der Waals surface area contributed by atoms with Crippen molar-refractivity contribution in [1.29, 1.82) is 0 Å². The average molecular weight is 258 g/mol. The van der Waals surface area contributed by atoms with Gasteiger partial charge in [-0.15, -0.1) is 11.8 Å². The summed E-state index contributed by atoms with van der Waals surface area (Å²) in [6.07, 6.45) is 0.984. The standard InChI is InChI=1S/C11H18N2O3S/c1-11(2)3-4-12(6-11)10(16)13-7-17-5-8(13)9(14)15/h8H,3-7H2,1-2H3,(H,14,15). The first-order chi connectivity index (χ1) is 7.91. The summed E-state index contributed by atoms with van der Waals surface area (Å²) in [7, 11) is 0. The molecule has 2 saturated heterocycles. The molecule has 0 aromatic rings. The minimum Gasteiger partial charge on any atom is -0.480 e. The van der Waals surface area contributed by atoms with Crippen LogP contribution in [0.4, 0.5) is 4.79 Å². The zero-order valence-corrected chi connectivity index (χ0v) is 11.0. The zero-order chi connectivity index (χ0) is 12.6. The smallest absolute Gasteiger partial charge is 0.327 e. The largest absolute Gasteiger partial charge is 0.480 e. The van der Waals surface area contributed by atoms with Crippen LogP contribution in [0.2, 0.25) is 0 Å². The van der Waals surface area contributed by atoms with Gasteiger partial charge in [-0.1, -0.05) is 13.8 Å². The van der Waals surface area contributed by atoms with Gasteiger partial charge >= 0.3 is 12.0 Å². The van der Waals surface area contributed by atoms with Gasteiger partial charge in [0.1, 0.15) is 6.04 Å². The summed E-state index contributed by atoms with van der Waals surface area (Å²) in [6, 6.07) is -0.774. The first-order valence-corrected chi connectivity index (χ1v) is 6.92. The van der Waals surface area contributed by atoms with E-state index in [-0.39, 0.29) is 11.4 Å². The van der Waals surface area contributed by atoms with Crippen LogP contribution in [0, 0.1) is 5.41 Å². The van der Waals surface area contributed by atoms with Crippen LogP contribution < -0.4 is 0 Å². The Hall–Kier alpha value is -0.910. The van der Waals surface area contributed by atoms with Crippen molar-refractivity contribution in [2.24, 2.45) is 5.41 Å². The van der Waals surface area contributed by atoms with Gasteiger partial charge in [0.25, 0.3) is 0 Å². The Morgan fingerprint density at radius 1 is 1.41 bits per heavy atom. The monoisotopic (exact) mass is 258 g/mol. The third-order valence-electron chi connectivity index (χ3n) is 3.36. The maximum absolute atomic E-state index is 12.2. The first kappa shape index (κ1) is 12.5. The van der Waals surface area contributed by atoms with E-state index < -0.39 is 12.0 Å². The molecule has 2 aliphatic rings. The van der Waals surface area contributed by atoms with Crippen molar-refractivity contribution in [3.8, 4) is 0 Å². The van der Waals surface area contributed by atoms with Crippen molar-refractivity contribution in [1.82, 2.24) is 9.80 Å².